The number of benzene rings is 5. The maximum absolute atomic E-state index is 6.90. The van der Waals surface area contributed by atoms with Gasteiger partial charge in [-0.05, 0) is 64.7 Å². The van der Waals surface area contributed by atoms with E-state index in [1.807, 2.05) is 0 Å². The molecule has 0 amide bonds. The second kappa shape index (κ2) is 6.80. The van der Waals surface area contributed by atoms with Crippen LogP contribution in [0.15, 0.2) is 126 Å². The van der Waals surface area contributed by atoms with E-state index in [9.17, 15) is 0 Å². The number of fused-ring (bicyclic) bond motifs is 17. The van der Waals surface area contributed by atoms with Crippen molar-refractivity contribution in [2.45, 2.75) is 0 Å². The smallest absolute Gasteiger partial charge is 0.215 e. The zero-order valence-electron chi connectivity index (χ0n) is 19.8. The first kappa shape index (κ1) is 19.2. The van der Waals surface area contributed by atoms with E-state index in [2.05, 4.69) is 130 Å². The highest BCUT2D eigenvalue weighted by atomic mass is 16.4. The number of hydrogen-bond acceptors (Lipinski definition) is 1. The largest absolute Gasteiger partial charge is 0.422 e. The highest BCUT2D eigenvalue weighted by molar-refractivity contribution is 6.27. The third-order valence-electron chi connectivity index (χ3n) is 7.84. The monoisotopic (exact) mass is 472 g/mol. The van der Waals surface area contributed by atoms with Gasteiger partial charge in [0.05, 0.1) is 21.8 Å². The van der Waals surface area contributed by atoms with Crippen LogP contribution >= 0.6 is 0 Å². The summed E-state index contributed by atoms with van der Waals surface area (Å²) in [6, 6.07) is 43.6. The Morgan fingerprint density at radius 2 is 0.838 bits per heavy atom. The van der Waals surface area contributed by atoms with Gasteiger partial charge in [0.15, 0.2) is 0 Å². The van der Waals surface area contributed by atoms with Crippen molar-refractivity contribution in [3.05, 3.63) is 121 Å². The van der Waals surface area contributed by atoms with Crippen LogP contribution in [0.2, 0.25) is 0 Å². The summed E-state index contributed by atoms with van der Waals surface area (Å²) in [5.41, 5.74) is 11.0. The van der Waals surface area contributed by atoms with E-state index >= 15 is 0 Å². The van der Waals surface area contributed by atoms with Gasteiger partial charge in [0.1, 0.15) is 0 Å². The number of para-hydroxylation sites is 2. The predicted octanol–water partition coefficient (Wildman–Crippen LogP) is 9.12. The molecule has 0 radical (unpaired) electrons. The van der Waals surface area contributed by atoms with Crippen molar-refractivity contribution >= 4 is 44.0 Å². The lowest BCUT2D eigenvalue weighted by Gasteiger charge is -2.13. The van der Waals surface area contributed by atoms with Crippen LogP contribution in [0.5, 0.6) is 0 Å². The lowest BCUT2D eigenvalue weighted by Crippen LogP contribution is -1.96. The second-order valence-electron chi connectivity index (χ2n) is 9.85. The lowest BCUT2D eigenvalue weighted by atomic mass is 9.98. The number of furan rings is 1. The molecule has 3 nitrogen and oxygen atoms in total. The third kappa shape index (κ3) is 2.45. The van der Waals surface area contributed by atoms with Crippen molar-refractivity contribution in [2.75, 3.05) is 0 Å². The van der Waals surface area contributed by atoms with Crippen molar-refractivity contribution in [1.82, 2.24) is 9.13 Å². The summed E-state index contributed by atoms with van der Waals surface area (Å²) in [6.07, 6.45) is 0. The first-order valence-electron chi connectivity index (χ1n) is 12.6. The van der Waals surface area contributed by atoms with E-state index in [0.29, 0.717) is 0 Å². The lowest BCUT2D eigenvalue weighted by molar-refractivity contribution is 0.624. The Morgan fingerprint density at radius 1 is 0.405 bits per heavy atom. The minimum absolute atomic E-state index is 0.879. The molecule has 37 heavy (non-hydrogen) atoms. The predicted molar refractivity (Wildman–Crippen MR) is 152 cm³/mol. The Hall–Kier alpha value is -5.02. The number of rotatable bonds is 0. The van der Waals surface area contributed by atoms with Crippen LogP contribution in [0.1, 0.15) is 0 Å². The van der Waals surface area contributed by atoms with E-state index in [1.54, 1.807) is 0 Å². The second-order valence-corrected chi connectivity index (χ2v) is 9.85. The molecule has 1 aliphatic rings. The van der Waals surface area contributed by atoms with E-state index < -0.39 is 0 Å². The molecule has 0 unspecified atom stereocenters. The van der Waals surface area contributed by atoms with Gasteiger partial charge in [-0.15, -0.1) is 0 Å². The van der Waals surface area contributed by atoms with E-state index in [-0.39, 0.29) is 0 Å². The maximum Gasteiger partial charge on any atom is 0.215 e. The fourth-order valence-electron chi connectivity index (χ4n) is 6.24. The topological polar surface area (TPSA) is 23.0 Å². The molecule has 8 aromatic rings. The number of nitrogens with zero attached hydrogens (tertiary/aromatic N) is 2. The summed E-state index contributed by atoms with van der Waals surface area (Å²) >= 11 is 0. The molecule has 8 bridgehead atoms. The van der Waals surface area contributed by atoms with Crippen LogP contribution < -0.4 is 0 Å². The quantitative estimate of drug-likeness (QED) is 0.216. The fraction of sp³-hybridized carbons (Fsp3) is 0. The first-order chi connectivity index (χ1) is 18.3. The van der Waals surface area contributed by atoms with Gasteiger partial charge in [-0.1, -0.05) is 78.9 Å². The van der Waals surface area contributed by atoms with Gasteiger partial charge in [-0.3, -0.25) is 9.13 Å². The standard InChI is InChI=1S/C34H20N2O/c1-3-16-29-27(14-1)31-32-28-15-2-4-17-30(28)36-26-13-7-11-24(20-26)22-9-5-8-21(18-22)23-10-6-12-25(19-23)35(29)33(31)37-34(32)36/h1-20H. The maximum atomic E-state index is 6.90. The van der Waals surface area contributed by atoms with Gasteiger partial charge in [-0.25, -0.2) is 0 Å². The van der Waals surface area contributed by atoms with Crippen LogP contribution in [-0.4, -0.2) is 9.13 Å². The number of aromatic nitrogens is 2. The molecule has 4 heterocycles. The summed E-state index contributed by atoms with van der Waals surface area (Å²) in [7, 11) is 0. The van der Waals surface area contributed by atoms with Crippen LogP contribution in [0.25, 0.3) is 77.6 Å². The highest BCUT2D eigenvalue weighted by Gasteiger charge is 2.25. The average Bonchev–Trinajstić information content (AvgIpc) is 3.58. The normalized spacial score (nSPS) is 12.3. The minimum atomic E-state index is 0.879. The first-order valence-corrected chi connectivity index (χ1v) is 12.6. The van der Waals surface area contributed by atoms with Crippen molar-refractivity contribution in [3.63, 3.8) is 0 Å². The molecular formula is C34H20N2O. The molecule has 0 saturated carbocycles. The Bertz CT molecular complexity index is 2050. The van der Waals surface area contributed by atoms with Crippen molar-refractivity contribution in [1.29, 1.82) is 0 Å². The zero-order chi connectivity index (χ0) is 24.1. The van der Waals surface area contributed by atoms with Gasteiger partial charge in [-0.2, -0.15) is 0 Å². The van der Waals surface area contributed by atoms with Crippen LogP contribution in [0, 0.1) is 0 Å². The Morgan fingerprint density at radius 3 is 1.35 bits per heavy atom. The molecule has 3 aromatic heterocycles. The molecule has 0 saturated heterocycles. The summed E-state index contributed by atoms with van der Waals surface area (Å²) < 4.78 is 11.5. The molecule has 9 rings (SSSR count). The van der Waals surface area contributed by atoms with E-state index in [4.69, 9.17) is 4.42 Å². The molecule has 1 aliphatic heterocycles. The van der Waals surface area contributed by atoms with Crippen LogP contribution in [-0.2, 0) is 0 Å². The molecule has 0 spiro atoms. The summed E-state index contributed by atoms with van der Waals surface area (Å²) in [6.45, 7) is 0. The van der Waals surface area contributed by atoms with Gasteiger partial charge in [0.25, 0.3) is 0 Å². The summed E-state index contributed by atoms with van der Waals surface area (Å²) in [5.74, 6) is 0. The minimum Gasteiger partial charge on any atom is -0.422 e. The Kier molecular flexibility index (Phi) is 3.53. The van der Waals surface area contributed by atoms with Gasteiger partial charge < -0.3 is 4.42 Å². The summed E-state index contributed by atoms with van der Waals surface area (Å²) in [4.78, 5) is 0. The average molecular weight is 473 g/mol. The SMILES string of the molecule is c1cc2cc(c1)-c1cccc(c1)-n1c3ccccc3c3c4c5ccccc5n(c4oc31)-c1cccc-2c1. The molecule has 3 heteroatoms. The van der Waals surface area contributed by atoms with Crippen molar-refractivity contribution < 1.29 is 4.42 Å². The molecular weight excluding hydrogens is 452 g/mol. The third-order valence-corrected chi connectivity index (χ3v) is 7.84. The van der Waals surface area contributed by atoms with Crippen LogP contribution in [0.3, 0.4) is 0 Å². The molecule has 0 N–H and O–H groups in total. The van der Waals surface area contributed by atoms with Crippen molar-refractivity contribution in [2.24, 2.45) is 0 Å². The van der Waals surface area contributed by atoms with Crippen LogP contribution in [0.4, 0.5) is 0 Å². The zero-order valence-corrected chi connectivity index (χ0v) is 19.8. The fourth-order valence-corrected chi connectivity index (χ4v) is 6.24. The number of hydrogen-bond donors (Lipinski definition) is 0. The Balaban J connectivity index is 1.58. The Labute approximate surface area is 212 Å². The van der Waals surface area contributed by atoms with Gasteiger partial charge >= 0.3 is 0 Å². The summed E-state index contributed by atoms with van der Waals surface area (Å²) in [5, 5.41) is 4.73. The van der Waals surface area contributed by atoms with Gasteiger partial charge in [0.2, 0.25) is 11.4 Å². The molecule has 172 valence electrons. The van der Waals surface area contributed by atoms with Crippen molar-refractivity contribution in [3.8, 4) is 33.6 Å². The van der Waals surface area contributed by atoms with E-state index in [0.717, 1.165) is 44.6 Å². The van der Waals surface area contributed by atoms with Gasteiger partial charge in [0, 0.05) is 22.1 Å². The molecule has 0 atom stereocenters. The molecule has 0 fully saturated rings. The molecule has 0 aliphatic carbocycles. The highest BCUT2D eigenvalue weighted by Crippen LogP contribution is 2.45. The molecule has 5 aromatic carbocycles. The van der Waals surface area contributed by atoms with E-state index in [1.165, 1.54) is 33.0 Å².